The number of thiazole rings is 1. The number of imidazole rings is 1. The number of nitrogens with zero attached hydrogens (tertiary/aromatic N) is 3. The third-order valence-corrected chi connectivity index (χ3v) is 6.47. The molecule has 1 aliphatic rings. The molecule has 0 aliphatic carbocycles. The van der Waals surface area contributed by atoms with Crippen LogP contribution in [0, 0.1) is 0 Å². The molecule has 4 nitrogen and oxygen atoms in total. The zero-order valence-corrected chi connectivity index (χ0v) is 16.2. The summed E-state index contributed by atoms with van der Waals surface area (Å²) in [6.45, 7) is 4.45. The number of hydrogen-bond donors (Lipinski definition) is 0. The van der Waals surface area contributed by atoms with Gasteiger partial charge in [0.05, 0.1) is 15.6 Å². The molecule has 0 atom stereocenters. The molecule has 0 fully saturated rings. The van der Waals surface area contributed by atoms with E-state index in [0.717, 1.165) is 16.0 Å². The van der Waals surface area contributed by atoms with Gasteiger partial charge in [0.25, 0.3) is 5.56 Å². The van der Waals surface area contributed by atoms with E-state index in [1.165, 1.54) is 28.3 Å². The zero-order chi connectivity index (χ0) is 18.8. The fraction of sp³-hybridized carbons (Fsp3) is 0.182. The summed E-state index contributed by atoms with van der Waals surface area (Å²) >= 11 is 1.44. The average Bonchev–Trinajstić information content (AvgIpc) is 3.23. The van der Waals surface area contributed by atoms with E-state index in [1.807, 2.05) is 30.3 Å². The maximum atomic E-state index is 12.9. The van der Waals surface area contributed by atoms with Crippen molar-refractivity contribution in [3.8, 4) is 0 Å². The summed E-state index contributed by atoms with van der Waals surface area (Å²) in [5.74, 6) is 0. The third-order valence-electron chi connectivity index (χ3n) is 5.48. The topological polar surface area (TPSA) is 37.6 Å². The van der Waals surface area contributed by atoms with Crippen molar-refractivity contribution in [2.45, 2.75) is 19.3 Å². The molecule has 27 heavy (non-hydrogen) atoms. The molecule has 0 amide bonds. The Balaban J connectivity index is 1.68. The van der Waals surface area contributed by atoms with E-state index in [9.17, 15) is 4.79 Å². The second-order valence-electron chi connectivity index (χ2n) is 7.41. The van der Waals surface area contributed by atoms with Gasteiger partial charge in [-0.25, -0.2) is 9.38 Å². The van der Waals surface area contributed by atoms with Crippen LogP contribution in [0.25, 0.3) is 22.1 Å². The number of allylic oxidation sites excluding steroid dienone is 2. The van der Waals surface area contributed by atoms with Crippen LogP contribution in [0.5, 0.6) is 0 Å². The lowest BCUT2D eigenvalue weighted by atomic mass is 9.84. The van der Waals surface area contributed by atoms with E-state index >= 15 is 0 Å². The smallest absolute Gasteiger partial charge is 0.274 e. The SMILES string of the molecule is CN1C(=C/C=c2/sc3nc4ccccc4n3c2=O)C(C)(C)c2ccccc21. The molecular weight excluding hydrogens is 354 g/mol. The average molecular weight is 373 g/mol. The Hall–Kier alpha value is -2.92. The van der Waals surface area contributed by atoms with Gasteiger partial charge in [-0.05, 0) is 35.9 Å². The van der Waals surface area contributed by atoms with Gasteiger partial charge in [-0.2, -0.15) is 0 Å². The highest BCUT2D eigenvalue weighted by Crippen LogP contribution is 2.46. The van der Waals surface area contributed by atoms with Crippen molar-refractivity contribution >= 4 is 39.1 Å². The van der Waals surface area contributed by atoms with Crippen molar-refractivity contribution in [2.75, 3.05) is 11.9 Å². The second-order valence-corrected chi connectivity index (χ2v) is 8.42. The van der Waals surface area contributed by atoms with Crippen LogP contribution in [0.4, 0.5) is 5.69 Å². The molecule has 3 heterocycles. The van der Waals surface area contributed by atoms with Gasteiger partial charge in [0.1, 0.15) is 0 Å². The summed E-state index contributed by atoms with van der Waals surface area (Å²) in [5.41, 5.74) is 5.33. The van der Waals surface area contributed by atoms with E-state index in [4.69, 9.17) is 0 Å². The minimum atomic E-state index is -0.102. The standard InChI is InChI=1S/C22H19N3OS/c1-22(2)14-8-4-6-10-16(14)24(3)19(22)13-12-18-20(26)25-17-11-7-5-9-15(17)23-21(25)27-18/h4-13H,1-3H3/b18-12+,19-13?. The van der Waals surface area contributed by atoms with Crippen LogP contribution in [-0.2, 0) is 5.41 Å². The number of hydrogen-bond acceptors (Lipinski definition) is 4. The van der Waals surface area contributed by atoms with Gasteiger partial charge < -0.3 is 4.90 Å². The Labute approximate surface area is 160 Å². The minimum Gasteiger partial charge on any atom is -0.347 e. The molecule has 5 rings (SSSR count). The number of fused-ring (bicyclic) bond motifs is 4. The number of rotatable bonds is 1. The quantitative estimate of drug-likeness (QED) is 0.510. The van der Waals surface area contributed by atoms with Gasteiger partial charge in [-0.15, -0.1) is 0 Å². The van der Waals surface area contributed by atoms with Crippen LogP contribution in [0.3, 0.4) is 0 Å². The molecule has 0 unspecified atom stereocenters. The van der Waals surface area contributed by atoms with Crippen LogP contribution in [0.15, 0.2) is 65.1 Å². The molecule has 0 bridgehead atoms. The van der Waals surface area contributed by atoms with Gasteiger partial charge in [0, 0.05) is 23.8 Å². The number of benzene rings is 2. The van der Waals surface area contributed by atoms with E-state index in [2.05, 4.69) is 61.1 Å². The first-order valence-corrected chi connectivity index (χ1v) is 9.76. The lowest BCUT2D eigenvalue weighted by Crippen LogP contribution is -2.24. The molecule has 2 aromatic carbocycles. The summed E-state index contributed by atoms with van der Waals surface area (Å²) in [6.07, 6.45) is 4.02. The lowest BCUT2D eigenvalue weighted by molar-refractivity contribution is 0.641. The molecule has 2 aromatic heterocycles. The number of anilines is 1. The highest BCUT2D eigenvalue weighted by Gasteiger charge is 2.37. The van der Waals surface area contributed by atoms with Gasteiger partial charge in [0.2, 0.25) is 0 Å². The van der Waals surface area contributed by atoms with E-state index in [0.29, 0.717) is 4.53 Å². The highest BCUT2D eigenvalue weighted by molar-refractivity contribution is 7.15. The largest absolute Gasteiger partial charge is 0.347 e. The van der Waals surface area contributed by atoms with Crippen LogP contribution >= 0.6 is 11.3 Å². The lowest BCUT2D eigenvalue weighted by Gasteiger charge is -2.23. The Kier molecular flexibility index (Phi) is 3.34. The summed E-state index contributed by atoms with van der Waals surface area (Å²) in [4.78, 5) is 20.5. The number of para-hydroxylation sites is 3. The molecule has 0 radical (unpaired) electrons. The molecular formula is C22H19N3OS. The number of aromatic nitrogens is 2. The van der Waals surface area contributed by atoms with E-state index in [-0.39, 0.29) is 11.0 Å². The molecule has 5 heteroatoms. The van der Waals surface area contributed by atoms with Gasteiger partial charge >= 0.3 is 0 Å². The van der Waals surface area contributed by atoms with Crippen LogP contribution < -0.4 is 15.0 Å². The molecule has 134 valence electrons. The predicted octanol–water partition coefficient (Wildman–Crippen LogP) is 3.72. The van der Waals surface area contributed by atoms with Crippen molar-refractivity contribution in [3.63, 3.8) is 0 Å². The number of likely N-dealkylation sites (N-methyl/N-ethyl adjacent to an activating group) is 1. The van der Waals surface area contributed by atoms with Crippen LogP contribution in [0.1, 0.15) is 19.4 Å². The maximum Gasteiger partial charge on any atom is 0.274 e. The normalized spacial score (nSPS) is 18.1. The molecule has 4 aromatic rings. The third kappa shape index (κ3) is 2.21. The van der Waals surface area contributed by atoms with Crippen molar-refractivity contribution < 1.29 is 0 Å². The monoisotopic (exact) mass is 373 g/mol. The van der Waals surface area contributed by atoms with Crippen LogP contribution in [0.2, 0.25) is 0 Å². The first-order valence-electron chi connectivity index (χ1n) is 8.94. The molecule has 0 saturated heterocycles. The first kappa shape index (κ1) is 16.3. The molecule has 0 spiro atoms. The van der Waals surface area contributed by atoms with Crippen molar-refractivity contribution in [1.29, 1.82) is 0 Å². The highest BCUT2D eigenvalue weighted by atomic mass is 32.1. The first-order chi connectivity index (χ1) is 13.0. The summed E-state index contributed by atoms with van der Waals surface area (Å²) in [7, 11) is 2.08. The van der Waals surface area contributed by atoms with E-state index < -0.39 is 0 Å². The Morgan fingerprint density at radius 3 is 2.59 bits per heavy atom. The Bertz CT molecular complexity index is 1340. The fourth-order valence-corrected chi connectivity index (χ4v) is 5.01. The second kappa shape index (κ2) is 5.54. The van der Waals surface area contributed by atoms with Gasteiger partial charge in [-0.3, -0.25) is 4.79 Å². The molecule has 0 N–H and O–H groups in total. The summed E-state index contributed by atoms with van der Waals surface area (Å²) in [6, 6.07) is 16.2. The van der Waals surface area contributed by atoms with Gasteiger partial charge in [-0.1, -0.05) is 55.5 Å². The zero-order valence-electron chi connectivity index (χ0n) is 15.4. The maximum absolute atomic E-state index is 12.9. The minimum absolute atomic E-state index is 0.00322. The van der Waals surface area contributed by atoms with E-state index in [1.54, 1.807) is 4.40 Å². The predicted molar refractivity (Wildman–Crippen MR) is 112 cm³/mol. The Morgan fingerprint density at radius 1 is 1.04 bits per heavy atom. The van der Waals surface area contributed by atoms with Crippen LogP contribution in [-0.4, -0.2) is 16.4 Å². The van der Waals surface area contributed by atoms with Crippen molar-refractivity contribution in [2.24, 2.45) is 0 Å². The van der Waals surface area contributed by atoms with Gasteiger partial charge in [0.15, 0.2) is 4.96 Å². The summed E-state index contributed by atoms with van der Waals surface area (Å²) in [5, 5.41) is 0. The molecule has 0 saturated carbocycles. The van der Waals surface area contributed by atoms with Crippen molar-refractivity contribution in [1.82, 2.24) is 9.38 Å². The van der Waals surface area contributed by atoms with Crippen molar-refractivity contribution in [3.05, 3.63) is 80.8 Å². The summed E-state index contributed by atoms with van der Waals surface area (Å²) < 4.78 is 2.42. The fourth-order valence-electron chi connectivity index (χ4n) is 4.08. The molecule has 1 aliphatic heterocycles. The Morgan fingerprint density at radius 2 is 1.78 bits per heavy atom.